The van der Waals surface area contributed by atoms with Gasteiger partial charge in [-0.2, -0.15) is 0 Å². The van der Waals surface area contributed by atoms with Crippen molar-refractivity contribution in [1.82, 2.24) is 4.90 Å². The summed E-state index contributed by atoms with van der Waals surface area (Å²) in [6, 6.07) is 0.788. The lowest BCUT2D eigenvalue weighted by molar-refractivity contribution is 0.198. The van der Waals surface area contributed by atoms with E-state index in [-0.39, 0.29) is 6.40 Å². The minimum Gasteiger partial charge on any atom is -0.300 e. The van der Waals surface area contributed by atoms with E-state index in [9.17, 15) is 0 Å². The van der Waals surface area contributed by atoms with Crippen LogP contribution in [0.3, 0.4) is 0 Å². The van der Waals surface area contributed by atoms with Gasteiger partial charge < -0.3 is 4.90 Å². The SMILES string of the molecule is [3H]C1CCN2CCCC2C1. The fraction of sp³-hybridized carbons (Fsp3) is 1.00. The Morgan fingerprint density at radius 3 is 3.11 bits per heavy atom. The van der Waals surface area contributed by atoms with Gasteiger partial charge >= 0.3 is 0 Å². The predicted molar refractivity (Wildman–Crippen MR) is 38.4 cm³/mol. The molecule has 2 saturated heterocycles. The summed E-state index contributed by atoms with van der Waals surface area (Å²) in [5.74, 6) is 0. The smallest absolute Gasteiger partial charge is 0.0268 e. The topological polar surface area (TPSA) is 3.24 Å². The van der Waals surface area contributed by atoms with Crippen molar-refractivity contribution in [2.75, 3.05) is 13.1 Å². The highest BCUT2D eigenvalue weighted by Crippen LogP contribution is 2.25. The second kappa shape index (κ2) is 2.30. The minimum atomic E-state index is 0.249. The third kappa shape index (κ3) is 0.983. The molecule has 0 aromatic rings. The first kappa shape index (κ1) is 4.73. The van der Waals surface area contributed by atoms with E-state index in [1.165, 1.54) is 25.9 Å². The molecule has 2 unspecified atom stereocenters. The largest absolute Gasteiger partial charge is 0.300 e. The molecule has 52 valence electrons. The molecule has 9 heavy (non-hydrogen) atoms. The fourth-order valence-electron chi connectivity index (χ4n) is 2.02. The second-order valence-corrected chi connectivity index (χ2v) is 3.15. The van der Waals surface area contributed by atoms with Crippen LogP contribution in [0.4, 0.5) is 0 Å². The third-order valence-corrected chi connectivity index (χ3v) is 2.56. The Balaban J connectivity index is 1.96. The normalized spacial score (nSPS) is 46.4. The number of rotatable bonds is 0. The molecule has 2 rings (SSSR count). The molecule has 0 N–H and O–H groups in total. The van der Waals surface area contributed by atoms with Crippen molar-refractivity contribution in [2.24, 2.45) is 0 Å². The van der Waals surface area contributed by atoms with Crippen LogP contribution >= 0.6 is 0 Å². The lowest BCUT2D eigenvalue weighted by atomic mass is 10.0. The highest BCUT2D eigenvalue weighted by atomic mass is 15.2. The molecule has 0 spiro atoms. The second-order valence-electron chi connectivity index (χ2n) is 3.15. The summed E-state index contributed by atoms with van der Waals surface area (Å²) in [6.45, 7) is 2.50. The van der Waals surface area contributed by atoms with Crippen LogP contribution in [0.25, 0.3) is 0 Å². The molecule has 1 heteroatoms. The first-order valence-corrected chi connectivity index (χ1v) is 4.02. The molecule has 0 radical (unpaired) electrons. The van der Waals surface area contributed by atoms with E-state index in [4.69, 9.17) is 1.37 Å². The van der Waals surface area contributed by atoms with Crippen LogP contribution in [0.1, 0.15) is 33.5 Å². The van der Waals surface area contributed by atoms with E-state index < -0.39 is 0 Å². The molecule has 0 amide bonds. The van der Waals surface area contributed by atoms with Gasteiger partial charge in [0.25, 0.3) is 0 Å². The molecule has 0 aromatic heterocycles. The number of hydrogen-bond donors (Lipinski definition) is 0. The van der Waals surface area contributed by atoms with Gasteiger partial charge in [0.15, 0.2) is 0 Å². The van der Waals surface area contributed by atoms with Crippen LogP contribution < -0.4 is 0 Å². The van der Waals surface area contributed by atoms with Gasteiger partial charge in [0.1, 0.15) is 0 Å². The van der Waals surface area contributed by atoms with Crippen molar-refractivity contribution in [3.8, 4) is 0 Å². The van der Waals surface area contributed by atoms with E-state index in [0.717, 1.165) is 18.9 Å². The molecule has 0 bridgehead atoms. The molecular weight excluding hydrogens is 110 g/mol. The van der Waals surface area contributed by atoms with Crippen LogP contribution in [0.15, 0.2) is 0 Å². The maximum Gasteiger partial charge on any atom is 0.0268 e. The molecule has 2 atom stereocenters. The average molecular weight is 127 g/mol. The van der Waals surface area contributed by atoms with Crippen LogP contribution in [-0.4, -0.2) is 24.0 Å². The maximum atomic E-state index is 7.60. The third-order valence-electron chi connectivity index (χ3n) is 2.56. The minimum absolute atomic E-state index is 0.249. The molecule has 2 aliphatic rings. The Morgan fingerprint density at radius 2 is 2.11 bits per heavy atom. The number of nitrogens with zero attached hydrogens (tertiary/aromatic N) is 1. The van der Waals surface area contributed by atoms with E-state index in [1.807, 2.05) is 0 Å². The Bertz CT molecular complexity index is 126. The Hall–Kier alpha value is -0.0400. The molecule has 2 fully saturated rings. The van der Waals surface area contributed by atoms with E-state index in [2.05, 4.69) is 4.90 Å². The fourth-order valence-corrected chi connectivity index (χ4v) is 2.02. The van der Waals surface area contributed by atoms with Gasteiger partial charge in [-0.25, -0.2) is 0 Å². The zero-order valence-corrected chi connectivity index (χ0v) is 5.84. The van der Waals surface area contributed by atoms with Crippen LogP contribution in [0, 0.1) is 0 Å². The standard InChI is InChI=1S/C8H15N/c1-2-6-9-7-3-5-8(9)4-1/h8H,1-7H2/i1T. The van der Waals surface area contributed by atoms with Gasteiger partial charge in [-0.05, 0) is 38.8 Å². The van der Waals surface area contributed by atoms with Gasteiger partial charge in [0.2, 0.25) is 0 Å². The van der Waals surface area contributed by atoms with Gasteiger partial charge in [0, 0.05) is 7.41 Å². The first-order chi connectivity index (χ1) is 4.86. The highest BCUT2D eigenvalue weighted by molar-refractivity contribution is 4.81. The van der Waals surface area contributed by atoms with Crippen LogP contribution in [-0.2, 0) is 0 Å². The summed E-state index contributed by atoms with van der Waals surface area (Å²) >= 11 is 0. The molecule has 2 heterocycles. The summed E-state index contributed by atoms with van der Waals surface area (Å²) in [7, 11) is 0. The Labute approximate surface area is 58.4 Å². The van der Waals surface area contributed by atoms with Gasteiger partial charge in [-0.1, -0.05) is 6.40 Å². The van der Waals surface area contributed by atoms with E-state index in [1.54, 1.807) is 0 Å². The van der Waals surface area contributed by atoms with Crippen LogP contribution in [0.2, 0.25) is 0 Å². The number of piperidine rings is 1. The Morgan fingerprint density at radius 1 is 1.22 bits per heavy atom. The van der Waals surface area contributed by atoms with Crippen molar-refractivity contribution in [1.29, 1.82) is 0 Å². The summed E-state index contributed by atoms with van der Waals surface area (Å²) < 4.78 is 7.60. The van der Waals surface area contributed by atoms with Crippen molar-refractivity contribution in [3.05, 3.63) is 0 Å². The van der Waals surface area contributed by atoms with E-state index in [0.29, 0.717) is 0 Å². The quantitative estimate of drug-likeness (QED) is 0.478. The molecular formula is C8H15N. The highest BCUT2D eigenvalue weighted by Gasteiger charge is 2.25. The lowest BCUT2D eigenvalue weighted by Gasteiger charge is -2.28. The molecule has 0 aromatic carbocycles. The van der Waals surface area contributed by atoms with Crippen molar-refractivity contribution >= 4 is 0 Å². The van der Waals surface area contributed by atoms with Crippen molar-refractivity contribution < 1.29 is 1.37 Å². The summed E-state index contributed by atoms with van der Waals surface area (Å²) in [5, 5.41) is 0. The van der Waals surface area contributed by atoms with E-state index >= 15 is 0 Å². The molecule has 0 saturated carbocycles. The van der Waals surface area contributed by atoms with Crippen molar-refractivity contribution in [2.45, 2.75) is 38.1 Å². The predicted octanol–water partition coefficient (Wildman–Crippen LogP) is 1.63. The van der Waals surface area contributed by atoms with Gasteiger partial charge in [-0.3, -0.25) is 0 Å². The molecule has 1 nitrogen and oxygen atoms in total. The molecule has 2 aliphatic heterocycles. The lowest BCUT2D eigenvalue weighted by Crippen LogP contribution is -2.33. The zero-order chi connectivity index (χ0) is 6.97. The summed E-state index contributed by atoms with van der Waals surface area (Å²) in [5.41, 5.74) is 0. The van der Waals surface area contributed by atoms with Gasteiger partial charge in [-0.15, -0.1) is 0 Å². The molecule has 0 aliphatic carbocycles. The summed E-state index contributed by atoms with van der Waals surface area (Å²) in [6.07, 6.45) is 5.22. The Kier molecular flexibility index (Phi) is 1.21. The maximum absolute atomic E-state index is 7.60. The monoisotopic (exact) mass is 127 g/mol. The van der Waals surface area contributed by atoms with Crippen molar-refractivity contribution in [3.63, 3.8) is 0 Å². The number of hydrogen-bond acceptors (Lipinski definition) is 1. The summed E-state index contributed by atoms with van der Waals surface area (Å²) in [4.78, 5) is 2.56. The zero-order valence-electron chi connectivity index (χ0n) is 6.84. The average Bonchev–Trinajstić information content (AvgIpc) is 2.33. The van der Waals surface area contributed by atoms with Gasteiger partial charge in [0.05, 0.1) is 0 Å². The van der Waals surface area contributed by atoms with Crippen LogP contribution in [0.5, 0.6) is 0 Å². The number of fused-ring (bicyclic) bond motifs is 1. The first-order valence-electron chi connectivity index (χ1n) is 4.60.